The lowest BCUT2D eigenvalue weighted by Gasteiger charge is -2.28. The summed E-state index contributed by atoms with van der Waals surface area (Å²) in [4.78, 5) is 27.0. The molecule has 2 aromatic rings. The summed E-state index contributed by atoms with van der Waals surface area (Å²) < 4.78 is 37.2. The van der Waals surface area contributed by atoms with Gasteiger partial charge in [0.2, 0.25) is 10.0 Å². The van der Waals surface area contributed by atoms with E-state index in [0.29, 0.717) is 18.9 Å². The van der Waals surface area contributed by atoms with Crippen molar-refractivity contribution in [3.63, 3.8) is 0 Å². The van der Waals surface area contributed by atoms with Crippen molar-refractivity contribution in [2.75, 3.05) is 43.1 Å². The molecule has 1 aliphatic heterocycles. The molecule has 172 valence electrons. The van der Waals surface area contributed by atoms with Crippen molar-refractivity contribution >= 4 is 33.3 Å². The predicted octanol–water partition coefficient (Wildman–Crippen LogP) is 2.01. The zero-order valence-corrected chi connectivity index (χ0v) is 18.9. The summed E-state index contributed by atoms with van der Waals surface area (Å²) in [7, 11) is -3.71. The van der Waals surface area contributed by atoms with Crippen LogP contribution in [-0.2, 0) is 24.3 Å². The number of nitrogens with zero attached hydrogens (tertiary/aromatic N) is 1. The summed E-state index contributed by atoms with van der Waals surface area (Å²) in [6, 6.07) is 12.9. The van der Waals surface area contributed by atoms with Crippen LogP contribution in [0, 0.1) is 0 Å². The molecule has 0 bridgehead atoms. The highest BCUT2D eigenvalue weighted by Crippen LogP contribution is 2.19. The van der Waals surface area contributed by atoms with Gasteiger partial charge in [-0.3, -0.25) is 4.79 Å². The molecule has 1 aliphatic rings. The molecule has 1 saturated heterocycles. The molecule has 0 radical (unpaired) electrons. The van der Waals surface area contributed by atoms with E-state index in [1.165, 1.54) is 31.2 Å². The van der Waals surface area contributed by atoms with Crippen LogP contribution < -0.4 is 14.9 Å². The van der Waals surface area contributed by atoms with Gasteiger partial charge in [-0.25, -0.2) is 17.9 Å². The highest BCUT2D eigenvalue weighted by atomic mass is 32.2. The first-order valence-electron chi connectivity index (χ1n) is 10.3. The lowest BCUT2D eigenvalue weighted by atomic mass is 10.2. The summed E-state index contributed by atoms with van der Waals surface area (Å²) >= 11 is 0. The first-order valence-corrected chi connectivity index (χ1v) is 11.8. The summed E-state index contributed by atoms with van der Waals surface area (Å²) in [6.07, 6.45) is -1.07. The molecule has 0 saturated carbocycles. The molecule has 32 heavy (non-hydrogen) atoms. The van der Waals surface area contributed by atoms with Gasteiger partial charge < -0.3 is 19.7 Å². The van der Waals surface area contributed by atoms with Crippen LogP contribution in [0.2, 0.25) is 0 Å². The number of sulfonamides is 1. The fraction of sp³-hybridized carbons (Fsp3) is 0.364. The van der Waals surface area contributed by atoms with Gasteiger partial charge in [-0.05, 0) is 49.4 Å². The maximum Gasteiger partial charge on any atom is 0.338 e. The van der Waals surface area contributed by atoms with Gasteiger partial charge >= 0.3 is 5.97 Å². The standard InChI is InChI=1S/C22H27N3O6S/c1-3-23-32(28,29)20-6-4-5-17(15-20)22(27)31-16(2)21(26)24-18-7-9-19(10-8-18)25-11-13-30-14-12-25/h4-10,15-16,23H,3,11-14H2,1-2H3,(H,24,26)/t16-/m0/s1. The van der Waals surface area contributed by atoms with E-state index in [1.807, 2.05) is 12.1 Å². The monoisotopic (exact) mass is 461 g/mol. The van der Waals surface area contributed by atoms with Crippen LogP contribution in [0.4, 0.5) is 11.4 Å². The number of anilines is 2. The number of ether oxygens (including phenoxy) is 2. The van der Waals surface area contributed by atoms with Crippen molar-refractivity contribution in [3.8, 4) is 0 Å². The zero-order valence-electron chi connectivity index (χ0n) is 18.0. The number of carbonyl (C=O) groups is 2. The van der Waals surface area contributed by atoms with Gasteiger partial charge in [0, 0.05) is 31.0 Å². The molecule has 2 N–H and O–H groups in total. The van der Waals surface area contributed by atoms with E-state index in [2.05, 4.69) is 14.9 Å². The smallest absolute Gasteiger partial charge is 0.338 e. The maximum atomic E-state index is 12.5. The van der Waals surface area contributed by atoms with E-state index < -0.39 is 28.0 Å². The summed E-state index contributed by atoms with van der Waals surface area (Å²) in [5.74, 6) is -1.28. The minimum Gasteiger partial charge on any atom is -0.449 e. The molecule has 0 spiro atoms. The molecule has 3 rings (SSSR count). The number of esters is 1. The van der Waals surface area contributed by atoms with Crippen molar-refractivity contribution in [1.29, 1.82) is 0 Å². The number of morpholine rings is 1. The second kappa shape index (κ2) is 10.6. The van der Waals surface area contributed by atoms with Crippen LogP contribution in [0.25, 0.3) is 0 Å². The number of hydrogen-bond acceptors (Lipinski definition) is 7. The fourth-order valence-electron chi connectivity index (χ4n) is 3.17. The van der Waals surface area contributed by atoms with Crippen LogP contribution in [0.3, 0.4) is 0 Å². The molecule has 1 fully saturated rings. The third kappa shape index (κ3) is 6.06. The van der Waals surface area contributed by atoms with Crippen molar-refractivity contribution in [3.05, 3.63) is 54.1 Å². The van der Waals surface area contributed by atoms with Gasteiger partial charge in [-0.1, -0.05) is 13.0 Å². The summed E-state index contributed by atoms with van der Waals surface area (Å²) in [5.41, 5.74) is 1.66. The molecule has 0 aliphatic carbocycles. The largest absolute Gasteiger partial charge is 0.449 e. The Labute approximate surface area is 187 Å². The summed E-state index contributed by atoms with van der Waals surface area (Å²) in [5, 5.41) is 2.72. The van der Waals surface area contributed by atoms with Gasteiger partial charge in [0.05, 0.1) is 23.7 Å². The van der Waals surface area contributed by atoms with Crippen LogP contribution in [0.5, 0.6) is 0 Å². The number of hydrogen-bond donors (Lipinski definition) is 2. The van der Waals surface area contributed by atoms with Crippen molar-refractivity contribution < 1.29 is 27.5 Å². The highest BCUT2D eigenvalue weighted by Gasteiger charge is 2.21. The Kier molecular flexibility index (Phi) is 7.84. The van der Waals surface area contributed by atoms with Crippen LogP contribution in [0.1, 0.15) is 24.2 Å². The first kappa shape index (κ1) is 23.7. The Hall–Kier alpha value is -2.95. The number of carbonyl (C=O) groups excluding carboxylic acids is 2. The molecular formula is C22H27N3O6S. The van der Waals surface area contributed by atoms with Gasteiger partial charge in [0.1, 0.15) is 0 Å². The second-order valence-corrected chi connectivity index (χ2v) is 8.98. The fourth-order valence-corrected chi connectivity index (χ4v) is 4.25. The van der Waals surface area contributed by atoms with E-state index in [-0.39, 0.29) is 17.0 Å². The lowest BCUT2D eigenvalue weighted by molar-refractivity contribution is -0.123. The van der Waals surface area contributed by atoms with Gasteiger partial charge in [0.15, 0.2) is 6.10 Å². The van der Waals surface area contributed by atoms with Crippen LogP contribution in [0.15, 0.2) is 53.4 Å². The van der Waals surface area contributed by atoms with Gasteiger partial charge in [-0.15, -0.1) is 0 Å². The van der Waals surface area contributed by atoms with Crippen molar-refractivity contribution in [1.82, 2.24) is 4.72 Å². The number of benzene rings is 2. The molecule has 10 heteroatoms. The molecule has 0 unspecified atom stereocenters. The molecule has 1 heterocycles. The topological polar surface area (TPSA) is 114 Å². The lowest BCUT2D eigenvalue weighted by Crippen LogP contribution is -2.36. The predicted molar refractivity (Wildman–Crippen MR) is 120 cm³/mol. The van der Waals surface area contributed by atoms with E-state index in [4.69, 9.17) is 9.47 Å². The Bertz CT molecular complexity index is 1050. The zero-order chi connectivity index (χ0) is 23.1. The third-order valence-electron chi connectivity index (χ3n) is 4.88. The van der Waals surface area contributed by atoms with Gasteiger partial charge in [0.25, 0.3) is 5.91 Å². The molecule has 0 aromatic heterocycles. The number of rotatable bonds is 8. The second-order valence-electron chi connectivity index (χ2n) is 7.21. The van der Waals surface area contributed by atoms with Crippen LogP contribution in [-0.4, -0.2) is 59.2 Å². The molecule has 9 nitrogen and oxygen atoms in total. The normalized spacial score (nSPS) is 15.1. The average Bonchev–Trinajstić information content (AvgIpc) is 2.80. The number of amides is 1. The highest BCUT2D eigenvalue weighted by molar-refractivity contribution is 7.89. The average molecular weight is 462 g/mol. The summed E-state index contributed by atoms with van der Waals surface area (Å²) in [6.45, 7) is 6.34. The Morgan fingerprint density at radius 2 is 1.81 bits per heavy atom. The van der Waals surface area contributed by atoms with Crippen molar-refractivity contribution in [2.45, 2.75) is 24.8 Å². The molecule has 1 amide bonds. The van der Waals surface area contributed by atoms with Gasteiger partial charge in [-0.2, -0.15) is 0 Å². The molecule has 2 aromatic carbocycles. The minimum atomic E-state index is -3.71. The minimum absolute atomic E-state index is 0.0403. The van der Waals surface area contributed by atoms with E-state index >= 15 is 0 Å². The number of nitrogens with one attached hydrogen (secondary N) is 2. The van der Waals surface area contributed by atoms with Crippen molar-refractivity contribution in [2.24, 2.45) is 0 Å². The Balaban J connectivity index is 1.59. The molecular weight excluding hydrogens is 434 g/mol. The van der Waals surface area contributed by atoms with E-state index in [9.17, 15) is 18.0 Å². The Morgan fingerprint density at radius 3 is 2.47 bits per heavy atom. The maximum absolute atomic E-state index is 12.5. The SMILES string of the molecule is CCNS(=O)(=O)c1cccc(C(=O)O[C@@H](C)C(=O)Nc2ccc(N3CCOCC3)cc2)c1. The van der Waals surface area contributed by atoms with Crippen LogP contribution >= 0.6 is 0 Å². The first-order chi connectivity index (χ1) is 15.3. The Morgan fingerprint density at radius 1 is 1.12 bits per heavy atom. The molecule has 1 atom stereocenters. The van der Waals surface area contributed by atoms with E-state index in [0.717, 1.165) is 18.8 Å². The quantitative estimate of drug-likeness (QED) is 0.578. The van der Waals surface area contributed by atoms with E-state index in [1.54, 1.807) is 19.1 Å². The third-order valence-corrected chi connectivity index (χ3v) is 6.42.